The van der Waals surface area contributed by atoms with Crippen LogP contribution in [-0.4, -0.2) is 50.9 Å². The van der Waals surface area contributed by atoms with Crippen molar-refractivity contribution in [2.75, 3.05) is 24.2 Å². The summed E-state index contributed by atoms with van der Waals surface area (Å²) < 4.78 is 15.0. The highest BCUT2D eigenvalue weighted by molar-refractivity contribution is 7.89. The molecule has 0 bridgehead atoms. The van der Waals surface area contributed by atoms with Crippen molar-refractivity contribution in [2.45, 2.75) is 77.7 Å². The summed E-state index contributed by atoms with van der Waals surface area (Å²) >= 11 is -1.10. The lowest BCUT2D eigenvalue weighted by Crippen LogP contribution is -2.51. The summed E-state index contributed by atoms with van der Waals surface area (Å²) in [5, 5.41) is 5.93. The van der Waals surface area contributed by atoms with Crippen LogP contribution in [0.1, 0.15) is 68.6 Å². The first-order chi connectivity index (χ1) is 15.8. The fourth-order valence-corrected chi connectivity index (χ4v) is 6.72. The monoisotopic (exact) mass is 472 g/mol. The van der Waals surface area contributed by atoms with Crippen LogP contribution in [0.3, 0.4) is 0 Å². The fraction of sp³-hybridized carbons (Fsp3) is 0.640. The van der Waals surface area contributed by atoms with Crippen LogP contribution in [0.15, 0.2) is 17.1 Å². The SMILES string of the molecule is CC(=O)Nc1cc(C)c(CC[S+]([O-])N2CCC3(CC2)N=C(C2CCCCC2)NC3=O)c(C)c1. The first-order valence-corrected chi connectivity index (χ1v) is 13.5. The van der Waals surface area contributed by atoms with Crippen molar-refractivity contribution in [2.24, 2.45) is 10.9 Å². The van der Waals surface area contributed by atoms with Crippen molar-refractivity contribution in [1.82, 2.24) is 9.62 Å². The summed E-state index contributed by atoms with van der Waals surface area (Å²) in [5.74, 6) is 1.81. The molecule has 2 N–H and O–H groups in total. The van der Waals surface area contributed by atoms with E-state index < -0.39 is 16.9 Å². The molecule has 1 aromatic carbocycles. The highest BCUT2D eigenvalue weighted by atomic mass is 32.2. The molecule has 1 saturated heterocycles. The van der Waals surface area contributed by atoms with E-state index in [2.05, 4.69) is 10.6 Å². The van der Waals surface area contributed by atoms with Gasteiger partial charge in [0.2, 0.25) is 5.91 Å². The number of anilines is 1. The minimum absolute atomic E-state index is 0.0408. The van der Waals surface area contributed by atoms with E-state index in [0.717, 1.165) is 41.9 Å². The van der Waals surface area contributed by atoms with E-state index in [-0.39, 0.29) is 11.8 Å². The van der Waals surface area contributed by atoms with Gasteiger partial charge in [-0.25, -0.2) is 0 Å². The number of amides is 2. The molecule has 8 heteroatoms. The van der Waals surface area contributed by atoms with Gasteiger partial charge >= 0.3 is 0 Å². The molecule has 0 aromatic heterocycles. The van der Waals surface area contributed by atoms with E-state index in [1.807, 2.05) is 30.3 Å². The van der Waals surface area contributed by atoms with Crippen LogP contribution in [0.4, 0.5) is 5.69 Å². The molecule has 1 aromatic rings. The zero-order chi connectivity index (χ0) is 23.6. The molecular formula is C25H36N4O3S. The van der Waals surface area contributed by atoms with Gasteiger partial charge in [-0.3, -0.25) is 14.6 Å². The lowest BCUT2D eigenvalue weighted by Gasteiger charge is -2.35. The number of hydrogen-bond donors (Lipinski definition) is 2. The van der Waals surface area contributed by atoms with Gasteiger partial charge in [-0.15, -0.1) is 4.31 Å². The second-order valence-corrected chi connectivity index (χ2v) is 11.4. The van der Waals surface area contributed by atoms with Crippen LogP contribution in [0.2, 0.25) is 0 Å². The average Bonchev–Trinajstić information content (AvgIpc) is 3.09. The number of aryl methyl sites for hydroxylation is 2. The quantitative estimate of drug-likeness (QED) is 0.620. The van der Waals surface area contributed by atoms with Crippen LogP contribution < -0.4 is 10.6 Å². The lowest BCUT2D eigenvalue weighted by molar-refractivity contribution is -0.125. The number of amidine groups is 1. The Bertz CT molecular complexity index is 911. The molecule has 2 aliphatic heterocycles. The number of carbonyl (C=O) groups excluding carboxylic acids is 2. The summed E-state index contributed by atoms with van der Waals surface area (Å²) in [6.45, 7) is 6.81. The molecule has 2 fully saturated rings. The van der Waals surface area contributed by atoms with Gasteiger partial charge in [0.15, 0.2) is 0 Å². The maximum absolute atomic E-state index is 13.0. The van der Waals surface area contributed by atoms with Gasteiger partial charge < -0.3 is 15.2 Å². The second-order valence-electron chi connectivity index (χ2n) is 9.79. The molecule has 1 unspecified atom stereocenters. The molecule has 2 heterocycles. The molecule has 1 atom stereocenters. The maximum Gasteiger partial charge on any atom is 0.253 e. The van der Waals surface area contributed by atoms with Crippen LogP contribution >= 0.6 is 0 Å². The third kappa shape index (κ3) is 5.44. The van der Waals surface area contributed by atoms with E-state index in [1.165, 1.54) is 31.7 Å². The van der Waals surface area contributed by atoms with Gasteiger partial charge in [0, 0.05) is 49.4 Å². The van der Waals surface area contributed by atoms with E-state index in [1.54, 1.807) is 0 Å². The molecule has 2 amide bonds. The molecule has 4 rings (SSSR count). The number of carbonyl (C=O) groups is 2. The summed E-state index contributed by atoms with van der Waals surface area (Å²) in [5.41, 5.74) is 3.52. The number of aliphatic imine (C=N–C) groups is 1. The Labute approximate surface area is 200 Å². The largest absolute Gasteiger partial charge is 0.598 e. The van der Waals surface area contributed by atoms with Gasteiger partial charge in [-0.1, -0.05) is 19.3 Å². The third-order valence-corrected chi connectivity index (χ3v) is 8.87. The smallest absolute Gasteiger partial charge is 0.253 e. The number of rotatable bonds is 6. The van der Waals surface area contributed by atoms with E-state index in [9.17, 15) is 14.1 Å². The predicted octanol–water partition coefficient (Wildman–Crippen LogP) is 3.41. The van der Waals surface area contributed by atoms with Crippen molar-refractivity contribution in [3.63, 3.8) is 0 Å². The third-order valence-electron chi connectivity index (χ3n) is 7.37. The van der Waals surface area contributed by atoms with Crippen molar-refractivity contribution >= 4 is 34.7 Å². The molecule has 1 saturated carbocycles. The molecule has 1 spiro atoms. The number of nitrogens with zero attached hydrogens (tertiary/aromatic N) is 2. The Morgan fingerprint density at radius 1 is 1.21 bits per heavy atom. The van der Waals surface area contributed by atoms with E-state index >= 15 is 0 Å². The first kappa shape index (κ1) is 24.2. The Morgan fingerprint density at radius 2 is 1.85 bits per heavy atom. The number of nitrogens with one attached hydrogen (secondary N) is 2. The van der Waals surface area contributed by atoms with Crippen LogP contribution in [0.25, 0.3) is 0 Å². The number of piperidine rings is 1. The topological polar surface area (TPSA) is 96.9 Å². The Morgan fingerprint density at radius 3 is 2.45 bits per heavy atom. The standard InChI is InChI=1S/C25H36N4O3S/c1-17-15-21(26-19(3)30)16-18(2)22(17)9-14-33(32)29-12-10-25(11-13-29)24(31)27-23(28-25)20-7-5-4-6-8-20/h15-16,20H,4-14H2,1-3H3,(H,26,30)(H,27,28,31). The Kier molecular flexibility index (Phi) is 7.46. The fourth-order valence-electron chi connectivity index (χ4n) is 5.49. The Balaban J connectivity index is 1.33. The summed E-state index contributed by atoms with van der Waals surface area (Å²) in [4.78, 5) is 29.1. The van der Waals surface area contributed by atoms with Crippen LogP contribution in [0.5, 0.6) is 0 Å². The van der Waals surface area contributed by atoms with Gasteiger partial charge in [0.05, 0.1) is 0 Å². The molecule has 0 radical (unpaired) electrons. The van der Waals surface area contributed by atoms with Crippen LogP contribution in [0, 0.1) is 19.8 Å². The van der Waals surface area contributed by atoms with Gasteiger partial charge in [0.25, 0.3) is 5.91 Å². The molecule has 7 nitrogen and oxygen atoms in total. The Hall–Kier alpha value is -1.90. The summed E-state index contributed by atoms with van der Waals surface area (Å²) in [6, 6.07) is 3.94. The number of benzene rings is 1. The van der Waals surface area contributed by atoms with Crippen LogP contribution in [-0.2, 0) is 27.4 Å². The van der Waals surface area contributed by atoms with Crippen molar-refractivity contribution < 1.29 is 14.1 Å². The lowest BCUT2D eigenvalue weighted by atomic mass is 9.88. The first-order valence-electron chi connectivity index (χ1n) is 12.2. The van der Waals surface area contributed by atoms with Crippen molar-refractivity contribution in [3.05, 3.63) is 28.8 Å². The highest BCUT2D eigenvalue weighted by Crippen LogP contribution is 2.35. The van der Waals surface area contributed by atoms with Gasteiger partial charge in [-0.05, 0) is 68.4 Å². The molecule has 1 aliphatic carbocycles. The molecule has 33 heavy (non-hydrogen) atoms. The average molecular weight is 473 g/mol. The molecule has 3 aliphatic rings. The van der Waals surface area contributed by atoms with Crippen molar-refractivity contribution in [3.8, 4) is 0 Å². The zero-order valence-electron chi connectivity index (χ0n) is 20.0. The summed E-state index contributed by atoms with van der Waals surface area (Å²) in [7, 11) is 0. The van der Waals surface area contributed by atoms with Crippen molar-refractivity contribution in [1.29, 1.82) is 0 Å². The predicted molar refractivity (Wildman–Crippen MR) is 133 cm³/mol. The maximum atomic E-state index is 13.0. The minimum atomic E-state index is -1.10. The van der Waals surface area contributed by atoms with Gasteiger partial charge in [0.1, 0.15) is 17.1 Å². The van der Waals surface area contributed by atoms with Gasteiger partial charge in [-0.2, -0.15) is 0 Å². The molecular weight excluding hydrogens is 436 g/mol. The minimum Gasteiger partial charge on any atom is -0.598 e. The normalized spacial score (nSPS) is 22.2. The zero-order valence-corrected chi connectivity index (χ0v) is 20.9. The van der Waals surface area contributed by atoms with E-state index in [4.69, 9.17) is 4.99 Å². The highest BCUT2D eigenvalue weighted by Gasteiger charge is 2.48. The second kappa shape index (κ2) is 10.2. The summed E-state index contributed by atoms with van der Waals surface area (Å²) in [6.07, 6.45) is 7.93. The molecule has 180 valence electrons. The number of hydrogen-bond acceptors (Lipinski definition) is 5. The van der Waals surface area contributed by atoms with E-state index in [0.29, 0.717) is 37.6 Å².